The predicted octanol–water partition coefficient (Wildman–Crippen LogP) is 2.43. The molecule has 1 aliphatic heterocycles. The lowest BCUT2D eigenvalue weighted by Gasteiger charge is -2.31. The van der Waals surface area contributed by atoms with Crippen molar-refractivity contribution in [3.05, 3.63) is 30.1 Å². The van der Waals surface area contributed by atoms with Crippen LogP contribution in [0.2, 0.25) is 0 Å². The van der Waals surface area contributed by atoms with Crippen LogP contribution in [-0.2, 0) is 14.8 Å². The summed E-state index contributed by atoms with van der Waals surface area (Å²) < 4.78 is 49.4. The molecule has 1 aromatic rings. The van der Waals surface area contributed by atoms with Gasteiger partial charge in [-0.25, -0.2) is 17.1 Å². The maximum Gasteiger partial charge on any atom is 0.214 e. The first kappa shape index (κ1) is 18.2. The van der Waals surface area contributed by atoms with Gasteiger partial charge in [0.15, 0.2) is 0 Å². The van der Waals surface area contributed by atoms with Gasteiger partial charge in [-0.1, -0.05) is 6.92 Å². The fourth-order valence-electron chi connectivity index (χ4n) is 2.57. The van der Waals surface area contributed by atoms with Gasteiger partial charge in [0.25, 0.3) is 0 Å². The molecule has 0 radical (unpaired) electrons. The highest BCUT2D eigenvalue weighted by molar-refractivity contribution is 7.89. The van der Waals surface area contributed by atoms with Crippen LogP contribution in [0, 0.1) is 5.82 Å². The molecule has 1 fully saturated rings. The van der Waals surface area contributed by atoms with Gasteiger partial charge < -0.3 is 9.47 Å². The summed E-state index contributed by atoms with van der Waals surface area (Å²) in [5.74, 6) is 0.526. The smallest absolute Gasteiger partial charge is 0.214 e. The summed E-state index contributed by atoms with van der Waals surface area (Å²) in [5, 5.41) is 0. The molecule has 7 heteroatoms. The second-order valence-electron chi connectivity index (χ2n) is 5.59. The van der Waals surface area contributed by atoms with E-state index >= 15 is 0 Å². The number of hydrogen-bond acceptors (Lipinski definition) is 4. The Morgan fingerprint density at radius 3 is 2.43 bits per heavy atom. The highest BCUT2D eigenvalue weighted by atomic mass is 32.2. The van der Waals surface area contributed by atoms with E-state index in [2.05, 4.69) is 0 Å². The molecule has 5 nitrogen and oxygen atoms in total. The third-order valence-electron chi connectivity index (χ3n) is 3.78. The van der Waals surface area contributed by atoms with Crippen LogP contribution >= 0.6 is 0 Å². The van der Waals surface area contributed by atoms with Gasteiger partial charge in [0.1, 0.15) is 18.2 Å². The van der Waals surface area contributed by atoms with Gasteiger partial charge in [-0.2, -0.15) is 0 Å². The molecule has 0 unspecified atom stereocenters. The molecular formula is C16H24FNO4S. The summed E-state index contributed by atoms with van der Waals surface area (Å²) in [5.41, 5.74) is 0. The van der Waals surface area contributed by atoms with Crippen molar-refractivity contribution in [3.8, 4) is 5.75 Å². The lowest BCUT2D eigenvalue weighted by Crippen LogP contribution is -2.42. The highest BCUT2D eigenvalue weighted by Crippen LogP contribution is 2.17. The SMILES string of the molecule is CCCS(=O)(=O)N1CCC(OCCOc2ccc(F)cc2)CC1. The summed E-state index contributed by atoms with van der Waals surface area (Å²) in [7, 11) is -3.10. The summed E-state index contributed by atoms with van der Waals surface area (Å²) in [6, 6.07) is 5.85. The number of benzene rings is 1. The van der Waals surface area contributed by atoms with Crippen molar-refractivity contribution in [2.45, 2.75) is 32.3 Å². The Balaban J connectivity index is 1.64. The minimum Gasteiger partial charge on any atom is -0.491 e. The molecule has 1 heterocycles. The average molecular weight is 345 g/mol. The second-order valence-corrected chi connectivity index (χ2v) is 7.68. The first-order chi connectivity index (χ1) is 11.0. The molecule has 23 heavy (non-hydrogen) atoms. The summed E-state index contributed by atoms with van der Waals surface area (Å²) in [6.45, 7) is 3.73. The zero-order valence-corrected chi connectivity index (χ0v) is 14.2. The number of sulfonamides is 1. The molecule has 0 aromatic heterocycles. The minimum atomic E-state index is -3.10. The van der Waals surface area contributed by atoms with Gasteiger partial charge in [0, 0.05) is 13.1 Å². The van der Waals surface area contributed by atoms with Crippen LogP contribution in [0.5, 0.6) is 5.75 Å². The van der Waals surface area contributed by atoms with Crippen molar-refractivity contribution in [3.63, 3.8) is 0 Å². The van der Waals surface area contributed by atoms with Crippen LogP contribution in [0.1, 0.15) is 26.2 Å². The molecule has 0 amide bonds. The van der Waals surface area contributed by atoms with E-state index in [1.165, 1.54) is 12.1 Å². The van der Waals surface area contributed by atoms with E-state index in [1.807, 2.05) is 6.92 Å². The Bertz CT molecular complexity index is 568. The molecular weight excluding hydrogens is 321 g/mol. The Morgan fingerprint density at radius 1 is 1.17 bits per heavy atom. The number of halogens is 1. The molecule has 1 aromatic carbocycles. The van der Waals surface area contributed by atoms with Crippen molar-refractivity contribution in [1.82, 2.24) is 4.31 Å². The first-order valence-electron chi connectivity index (χ1n) is 7.99. The van der Waals surface area contributed by atoms with Crippen molar-refractivity contribution >= 4 is 10.0 Å². The zero-order chi connectivity index (χ0) is 16.7. The third kappa shape index (κ3) is 5.75. The predicted molar refractivity (Wildman–Crippen MR) is 86.5 cm³/mol. The lowest BCUT2D eigenvalue weighted by molar-refractivity contribution is 0.00700. The molecule has 0 atom stereocenters. The van der Waals surface area contributed by atoms with Crippen molar-refractivity contribution < 1.29 is 22.3 Å². The Morgan fingerprint density at radius 2 is 1.83 bits per heavy atom. The third-order valence-corrected chi connectivity index (χ3v) is 5.85. The average Bonchev–Trinajstić information content (AvgIpc) is 2.54. The fourth-order valence-corrected chi connectivity index (χ4v) is 4.11. The van der Waals surface area contributed by atoms with Crippen LogP contribution in [-0.4, -0.2) is 50.9 Å². The maximum absolute atomic E-state index is 12.8. The quantitative estimate of drug-likeness (QED) is 0.679. The van der Waals surface area contributed by atoms with Gasteiger partial charge in [0.2, 0.25) is 10.0 Å². The number of hydrogen-bond donors (Lipinski definition) is 0. The Kier molecular flexibility index (Phi) is 6.80. The van der Waals surface area contributed by atoms with E-state index in [-0.39, 0.29) is 17.7 Å². The summed E-state index contributed by atoms with van der Waals surface area (Å²) in [6.07, 6.45) is 2.12. The van der Waals surface area contributed by atoms with E-state index < -0.39 is 10.0 Å². The molecule has 0 spiro atoms. The van der Waals surface area contributed by atoms with Crippen LogP contribution < -0.4 is 4.74 Å². The number of ether oxygens (including phenoxy) is 2. The van der Waals surface area contributed by atoms with Gasteiger partial charge in [-0.15, -0.1) is 0 Å². The second kappa shape index (κ2) is 8.61. The highest BCUT2D eigenvalue weighted by Gasteiger charge is 2.27. The summed E-state index contributed by atoms with van der Waals surface area (Å²) >= 11 is 0. The minimum absolute atomic E-state index is 0.0693. The van der Waals surface area contributed by atoms with E-state index in [1.54, 1.807) is 16.4 Å². The van der Waals surface area contributed by atoms with Crippen LogP contribution in [0.15, 0.2) is 24.3 Å². The van der Waals surface area contributed by atoms with Gasteiger partial charge in [-0.05, 0) is 43.5 Å². The van der Waals surface area contributed by atoms with Crippen molar-refractivity contribution in [2.75, 3.05) is 32.1 Å². The van der Waals surface area contributed by atoms with Gasteiger partial charge in [-0.3, -0.25) is 0 Å². The lowest BCUT2D eigenvalue weighted by atomic mass is 10.1. The molecule has 2 rings (SSSR count). The normalized spacial score (nSPS) is 17.3. The van der Waals surface area contributed by atoms with Crippen LogP contribution in [0.3, 0.4) is 0 Å². The summed E-state index contributed by atoms with van der Waals surface area (Å²) in [4.78, 5) is 0. The molecule has 0 bridgehead atoms. The van der Waals surface area contributed by atoms with Crippen LogP contribution in [0.25, 0.3) is 0 Å². The molecule has 0 N–H and O–H groups in total. The standard InChI is InChI=1S/C16H24FNO4S/c1-2-13-23(19,20)18-9-7-16(8-10-18)22-12-11-21-15-5-3-14(17)4-6-15/h3-6,16H,2,7-13H2,1H3. The van der Waals surface area contributed by atoms with Gasteiger partial charge in [0.05, 0.1) is 18.5 Å². The van der Waals surface area contributed by atoms with Crippen molar-refractivity contribution in [2.24, 2.45) is 0 Å². The molecule has 1 aliphatic rings. The topological polar surface area (TPSA) is 55.8 Å². The van der Waals surface area contributed by atoms with Gasteiger partial charge >= 0.3 is 0 Å². The number of piperidine rings is 1. The van der Waals surface area contributed by atoms with Crippen LogP contribution in [0.4, 0.5) is 4.39 Å². The largest absolute Gasteiger partial charge is 0.491 e. The molecule has 0 saturated carbocycles. The zero-order valence-electron chi connectivity index (χ0n) is 13.4. The maximum atomic E-state index is 12.8. The van der Waals surface area contributed by atoms with E-state index in [4.69, 9.17) is 9.47 Å². The molecule has 0 aliphatic carbocycles. The van der Waals surface area contributed by atoms with E-state index in [0.29, 0.717) is 51.3 Å². The van der Waals surface area contributed by atoms with E-state index in [0.717, 1.165) is 0 Å². The number of nitrogens with zero attached hydrogens (tertiary/aromatic N) is 1. The first-order valence-corrected chi connectivity index (χ1v) is 9.60. The Hall–Kier alpha value is -1.18. The molecule has 1 saturated heterocycles. The monoisotopic (exact) mass is 345 g/mol. The number of rotatable bonds is 8. The van der Waals surface area contributed by atoms with Crippen molar-refractivity contribution in [1.29, 1.82) is 0 Å². The molecule has 130 valence electrons. The fraction of sp³-hybridized carbons (Fsp3) is 0.625. The van der Waals surface area contributed by atoms with E-state index in [9.17, 15) is 12.8 Å². The Labute approximate surface area is 137 Å².